The van der Waals surface area contributed by atoms with Crippen LogP contribution in [0.3, 0.4) is 0 Å². The van der Waals surface area contributed by atoms with Gasteiger partial charge in [-0.1, -0.05) is 54.1 Å². The fourth-order valence-corrected chi connectivity index (χ4v) is 4.63. The Kier molecular flexibility index (Phi) is 6.93. The molecule has 33 heavy (non-hydrogen) atoms. The van der Waals surface area contributed by atoms with Gasteiger partial charge in [0, 0.05) is 19.5 Å². The Morgan fingerprint density at radius 3 is 2.36 bits per heavy atom. The number of benzene rings is 3. The number of hydrogen-bond acceptors (Lipinski definition) is 2. The number of nitrogens with one attached hydrogen (secondary N) is 1. The minimum atomic E-state index is 0.0729. The van der Waals surface area contributed by atoms with Crippen LogP contribution in [0.1, 0.15) is 45.6 Å². The van der Waals surface area contributed by atoms with Crippen LogP contribution in [0.15, 0.2) is 60.7 Å². The summed E-state index contributed by atoms with van der Waals surface area (Å²) in [6.07, 6.45) is 2.11. The van der Waals surface area contributed by atoms with Crippen LogP contribution in [-0.4, -0.2) is 22.0 Å². The zero-order valence-electron chi connectivity index (χ0n) is 20.1. The fraction of sp³-hybridized carbons (Fsp3) is 0.310. The fourth-order valence-electron chi connectivity index (χ4n) is 4.63. The lowest BCUT2D eigenvalue weighted by atomic mass is 9.99. The minimum absolute atomic E-state index is 0.0729. The SMILES string of the molecule is Cc1cc(C)c(Cn2c(CCCNC(=O)Cc3ccccc3C)nc3ccccc32)c(C)c1. The van der Waals surface area contributed by atoms with Gasteiger partial charge in [-0.3, -0.25) is 4.79 Å². The van der Waals surface area contributed by atoms with Crippen molar-refractivity contribution in [2.24, 2.45) is 0 Å². The average molecular weight is 440 g/mol. The number of fused-ring (bicyclic) bond motifs is 1. The van der Waals surface area contributed by atoms with Crippen LogP contribution in [0, 0.1) is 27.7 Å². The Bertz CT molecular complexity index is 1260. The molecule has 4 nitrogen and oxygen atoms in total. The Labute approximate surface area is 196 Å². The molecule has 1 N–H and O–H groups in total. The number of aromatic nitrogens is 2. The Morgan fingerprint density at radius 2 is 1.61 bits per heavy atom. The van der Waals surface area contributed by atoms with E-state index < -0.39 is 0 Å². The zero-order chi connectivity index (χ0) is 23.4. The molecule has 0 saturated heterocycles. The molecule has 1 amide bonds. The van der Waals surface area contributed by atoms with Crippen LogP contribution in [-0.2, 0) is 24.2 Å². The predicted octanol–water partition coefficient (Wildman–Crippen LogP) is 5.61. The van der Waals surface area contributed by atoms with Gasteiger partial charge in [0.2, 0.25) is 5.91 Å². The lowest BCUT2D eigenvalue weighted by Crippen LogP contribution is -2.26. The first-order chi connectivity index (χ1) is 15.9. The molecule has 4 heteroatoms. The molecule has 170 valence electrons. The van der Waals surface area contributed by atoms with Crippen molar-refractivity contribution in [1.29, 1.82) is 0 Å². The van der Waals surface area contributed by atoms with E-state index in [2.05, 4.69) is 61.0 Å². The van der Waals surface area contributed by atoms with Crippen LogP contribution >= 0.6 is 0 Å². The second-order valence-corrected chi connectivity index (χ2v) is 9.04. The molecule has 1 aromatic heterocycles. The molecule has 0 atom stereocenters. The molecule has 0 aliphatic rings. The molecular weight excluding hydrogens is 406 g/mol. The molecule has 0 bridgehead atoms. The van der Waals surface area contributed by atoms with Crippen molar-refractivity contribution in [3.63, 3.8) is 0 Å². The van der Waals surface area contributed by atoms with Gasteiger partial charge in [0.25, 0.3) is 0 Å². The Hall–Kier alpha value is -3.40. The van der Waals surface area contributed by atoms with Gasteiger partial charge in [-0.15, -0.1) is 0 Å². The number of imidazole rings is 1. The van der Waals surface area contributed by atoms with E-state index in [4.69, 9.17) is 4.98 Å². The van der Waals surface area contributed by atoms with E-state index in [0.717, 1.165) is 47.4 Å². The molecule has 0 spiro atoms. The summed E-state index contributed by atoms with van der Waals surface area (Å²) in [6.45, 7) is 10.0. The number of hydrogen-bond donors (Lipinski definition) is 1. The lowest BCUT2D eigenvalue weighted by molar-refractivity contribution is -0.120. The van der Waals surface area contributed by atoms with Gasteiger partial charge in [0.1, 0.15) is 5.82 Å². The lowest BCUT2D eigenvalue weighted by Gasteiger charge is -2.15. The van der Waals surface area contributed by atoms with Crippen LogP contribution in [0.2, 0.25) is 0 Å². The smallest absolute Gasteiger partial charge is 0.224 e. The summed E-state index contributed by atoms with van der Waals surface area (Å²) in [5.74, 6) is 1.15. The number of para-hydroxylation sites is 2. The van der Waals surface area contributed by atoms with Crippen LogP contribution in [0.25, 0.3) is 11.0 Å². The van der Waals surface area contributed by atoms with Crippen molar-refractivity contribution in [3.05, 3.63) is 99.9 Å². The second-order valence-electron chi connectivity index (χ2n) is 9.04. The maximum Gasteiger partial charge on any atom is 0.224 e. The molecule has 1 heterocycles. The average Bonchev–Trinajstić information content (AvgIpc) is 3.12. The highest BCUT2D eigenvalue weighted by molar-refractivity contribution is 5.79. The number of rotatable bonds is 8. The highest BCUT2D eigenvalue weighted by Crippen LogP contribution is 2.23. The van der Waals surface area contributed by atoms with Gasteiger partial charge in [-0.25, -0.2) is 4.98 Å². The highest BCUT2D eigenvalue weighted by atomic mass is 16.1. The van der Waals surface area contributed by atoms with E-state index in [1.54, 1.807) is 0 Å². The standard InChI is InChI=1S/C29H33N3O/c1-20-16-22(3)25(23(4)17-20)19-32-27-13-8-7-12-26(27)31-28(32)14-9-15-30-29(33)18-24-11-6-5-10-21(24)2/h5-8,10-13,16-17H,9,14-15,18-19H2,1-4H3,(H,30,33). The minimum Gasteiger partial charge on any atom is -0.356 e. The summed E-state index contributed by atoms with van der Waals surface area (Å²) in [6, 6.07) is 20.9. The van der Waals surface area contributed by atoms with Crippen LogP contribution in [0.5, 0.6) is 0 Å². The van der Waals surface area contributed by atoms with Crippen molar-refractivity contribution in [1.82, 2.24) is 14.9 Å². The summed E-state index contributed by atoms with van der Waals surface area (Å²) < 4.78 is 2.34. The van der Waals surface area contributed by atoms with E-state index in [-0.39, 0.29) is 5.91 Å². The van der Waals surface area contributed by atoms with Crippen molar-refractivity contribution >= 4 is 16.9 Å². The highest BCUT2D eigenvalue weighted by Gasteiger charge is 2.14. The third kappa shape index (κ3) is 5.33. The molecular formula is C29H33N3O. The van der Waals surface area contributed by atoms with Gasteiger partial charge in [0.15, 0.2) is 0 Å². The zero-order valence-corrected chi connectivity index (χ0v) is 20.1. The van der Waals surface area contributed by atoms with Gasteiger partial charge < -0.3 is 9.88 Å². The van der Waals surface area contributed by atoms with Crippen molar-refractivity contribution in [2.75, 3.05) is 6.54 Å². The topological polar surface area (TPSA) is 46.9 Å². The van der Waals surface area contributed by atoms with E-state index in [1.165, 1.54) is 22.3 Å². The molecule has 0 saturated carbocycles. The first kappa shape index (κ1) is 22.8. The first-order valence-electron chi connectivity index (χ1n) is 11.7. The summed E-state index contributed by atoms with van der Waals surface area (Å²) in [4.78, 5) is 17.3. The number of nitrogens with zero attached hydrogens (tertiary/aromatic N) is 2. The number of carbonyl (C=O) groups excluding carboxylic acids is 1. The van der Waals surface area contributed by atoms with Crippen molar-refractivity contribution in [2.45, 2.75) is 53.5 Å². The van der Waals surface area contributed by atoms with Crippen LogP contribution < -0.4 is 5.32 Å². The van der Waals surface area contributed by atoms with Crippen molar-refractivity contribution < 1.29 is 4.79 Å². The quantitative estimate of drug-likeness (QED) is 0.363. The summed E-state index contributed by atoms with van der Waals surface area (Å²) in [5, 5.41) is 3.08. The monoisotopic (exact) mass is 439 g/mol. The van der Waals surface area contributed by atoms with Gasteiger partial charge in [-0.05, 0) is 74.1 Å². The summed E-state index contributed by atoms with van der Waals surface area (Å²) in [7, 11) is 0. The third-order valence-corrected chi connectivity index (χ3v) is 6.40. The second kappa shape index (κ2) is 10.0. The molecule has 0 unspecified atom stereocenters. The van der Waals surface area contributed by atoms with Gasteiger partial charge in [0.05, 0.1) is 17.5 Å². The first-order valence-corrected chi connectivity index (χ1v) is 11.7. The van der Waals surface area contributed by atoms with E-state index >= 15 is 0 Å². The van der Waals surface area contributed by atoms with E-state index in [1.807, 2.05) is 37.3 Å². The number of amides is 1. The van der Waals surface area contributed by atoms with Gasteiger partial charge in [-0.2, -0.15) is 0 Å². The molecule has 0 aliphatic heterocycles. The summed E-state index contributed by atoms with van der Waals surface area (Å²) in [5.41, 5.74) is 9.72. The summed E-state index contributed by atoms with van der Waals surface area (Å²) >= 11 is 0. The molecule has 0 aliphatic carbocycles. The molecule has 4 aromatic rings. The predicted molar refractivity (Wildman–Crippen MR) is 136 cm³/mol. The molecule has 4 rings (SSSR count). The largest absolute Gasteiger partial charge is 0.356 e. The van der Waals surface area contributed by atoms with Crippen molar-refractivity contribution in [3.8, 4) is 0 Å². The Balaban J connectivity index is 1.45. The van der Waals surface area contributed by atoms with E-state index in [9.17, 15) is 4.79 Å². The Morgan fingerprint density at radius 1 is 0.909 bits per heavy atom. The molecule has 0 radical (unpaired) electrons. The van der Waals surface area contributed by atoms with Gasteiger partial charge >= 0.3 is 0 Å². The van der Waals surface area contributed by atoms with E-state index in [0.29, 0.717) is 13.0 Å². The number of carbonyl (C=O) groups is 1. The number of aryl methyl sites for hydroxylation is 5. The molecule has 0 fully saturated rings. The third-order valence-electron chi connectivity index (χ3n) is 6.40. The normalized spacial score (nSPS) is 11.2. The maximum absolute atomic E-state index is 12.4. The van der Waals surface area contributed by atoms with Crippen LogP contribution in [0.4, 0.5) is 0 Å². The molecule has 3 aromatic carbocycles. The maximum atomic E-state index is 12.4.